The van der Waals surface area contributed by atoms with Gasteiger partial charge in [-0.2, -0.15) is 13.2 Å². The second-order valence-electron chi connectivity index (χ2n) is 11.5. The lowest BCUT2D eigenvalue weighted by atomic mass is 9.82. The minimum atomic E-state index is -4.79. The van der Waals surface area contributed by atoms with Gasteiger partial charge >= 0.3 is 6.18 Å². The monoisotopic (exact) mass is 614 g/mol. The van der Waals surface area contributed by atoms with Crippen molar-refractivity contribution < 1.29 is 42.0 Å². The van der Waals surface area contributed by atoms with Gasteiger partial charge in [0.25, 0.3) is 0 Å². The number of benzene rings is 3. The minimum absolute atomic E-state index is 0.0304. The van der Waals surface area contributed by atoms with Gasteiger partial charge in [0, 0.05) is 0 Å². The molecule has 44 heavy (non-hydrogen) atoms. The highest BCUT2D eigenvalue weighted by Gasteiger charge is 2.59. The van der Waals surface area contributed by atoms with E-state index in [1.807, 2.05) is 73.7 Å². The summed E-state index contributed by atoms with van der Waals surface area (Å²) in [5.41, 5.74) is 2.33. The van der Waals surface area contributed by atoms with Crippen molar-refractivity contribution in [3.05, 3.63) is 108 Å². The van der Waals surface area contributed by atoms with Crippen LogP contribution in [0.3, 0.4) is 0 Å². The first-order chi connectivity index (χ1) is 21.3. The Hall–Kier alpha value is -2.79. The number of hydrogen-bond acceptors (Lipinski definition) is 6. The molecule has 3 aromatic carbocycles. The molecule has 9 heteroatoms. The number of aliphatic hydroxyl groups is 1. The summed E-state index contributed by atoms with van der Waals surface area (Å²) in [5.74, 6) is -0.0304. The average molecular weight is 615 g/mol. The molecule has 0 radical (unpaired) electrons. The predicted molar refractivity (Wildman–Crippen MR) is 158 cm³/mol. The number of ether oxygens (including phenoxy) is 5. The van der Waals surface area contributed by atoms with Crippen LogP contribution in [-0.2, 0) is 43.5 Å². The van der Waals surface area contributed by atoms with Crippen LogP contribution in [0, 0.1) is 5.92 Å². The number of aliphatic hydroxyl groups excluding tert-OH is 1. The molecule has 1 N–H and O–H groups in total. The quantitative estimate of drug-likeness (QED) is 0.237. The Labute approximate surface area is 257 Å². The SMILES string of the molecule is CC[C@H]1CCC[C@@H](O)[C@@H]1O[C@@H]1O[C@@H](C(F)(F)F)[C@@H](OCc2ccccc2)[C@@H](OCc2ccccc2)[C@@H]1OCc1ccccc1. The van der Waals surface area contributed by atoms with Crippen LogP contribution in [0.15, 0.2) is 91.0 Å². The van der Waals surface area contributed by atoms with Gasteiger partial charge in [-0.3, -0.25) is 0 Å². The summed E-state index contributed by atoms with van der Waals surface area (Å²) in [6.45, 7) is 2.03. The maximum Gasteiger partial charge on any atom is 0.417 e. The molecule has 0 spiro atoms. The molecule has 0 bridgehead atoms. The van der Waals surface area contributed by atoms with Crippen molar-refractivity contribution in [3.8, 4) is 0 Å². The number of alkyl halides is 3. The number of rotatable bonds is 12. The second kappa shape index (κ2) is 15.5. The Bertz CT molecular complexity index is 1250. The fraction of sp³-hybridized carbons (Fsp3) is 0.486. The van der Waals surface area contributed by atoms with E-state index < -0.39 is 49.1 Å². The van der Waals surface area contributed by atoms with E-state index in [2.05, 4.69) is 0 Å². The molecule has 3 aromatic rings. The Balaban J connectivity index is 1.50. The smallest absolute Gasteiger partial charge is 0.390 e. The van der Waals surface area contributed by atoms with Crippen molar-refractivity contribution in [2.45, 2.75) is 102 Å². The van der Waals surface area contributed by atoms with Crippen LogP contribution in [0.4, 0.5) is 13.2 Å². The molecule has 1 saturated carbocycles. The Morgan fingerprint density at radius 3 is 1.64 bits per heavy atom. The van der Waals surface area contributed by atoms with E-state index in [0.29, 0.717) is 18.4 Å². The molecule has 0 aromatic heterocycles. The summed E-state index contributed by atoms with van der Waals surface area (Å²) in [7, 11) is 0. The van der Waals surface area contributed by atoms with Crippen molar-refractivity contribution in [2.24, 2.45) is 5.92 Å². The van der Waals surface area contributed by atoms with Gasteiger partial charge in [-0.05, 0) is 35.4 Å². The standard InChI is InChI=1S/C35H41F3O6/c1-2-27-19-12-20-28(39)29(27)43-34-32(42-23-26-17-10-5-11-18-26)30(40-21-24-13-6-3-7-14-24)31(33(44-34)35(36,37)38)41-22-25-15-8-4-9-16-25/h3-11,13-18,27-34,39H,2,12,19-23H2,1H3/t27-,28+,29+,30+,31-,32-,33+,34+/m0/s1. The summed E-state index contributed by atoms with van der Waals surface area (Å²) in [6, 6.07) is 27.6. The molecule has 8 atom stereocenters. The van der Waals surface area contributed by atoms with Gasteiger partial charge in [-0.1, -0.05) is 111 Å². The van der Waals surface area contributed by atoms with E-state index in [9.17, 15) is 18.3 Å². The molecule has 1 aliphatic heterocycles. The average Bonchev–Trinajstić information content (AvgIpc) is 3.04. The van der Waals surface area contributed by atoms with Gasteiger partial charge in [-0.15, -0.1) is 0 Å². The van der Waals surface area contributed by atoms with Crippen molar-refractivity contribution in [2.75, 3.05) is 0 Å². The lowest BCUT2D eigenvalue weighted by Gasteiger charge is -2.48. The van der Waals surface area contributed by atoms with E-state index in [1.165, 1.54) is 0 Å². The third-order valence-electron chi connectivity index (χ3n) is 8.41. The predicted octanol–water partition coefficient (Wildman–Crippen LogP) is 6.99. The molecule has 2 aliphatic rings. The van der Waals surface area contributed by atoms with E-state index in [1.54, 1.807) is 24.3 Å². The minimum Gasteiger partial charge on any atom is -0.390 e. The van der Waals surface area contributed by atoms with Crippen LogP contribution in [0.2, 0.25) is 0 Å². The first-order valence-electron chi connectivity index (χ1n) is 15.4. The molecule has 238 valence electrons. The second-order valence-corrected chi connectivity index (χ2v) is 11.5. The molecule has 6 nitrogen and oxygen atoms in total. The summed E-state index contributed by atoms with van der Waals surface area (Å²) < 4.78 is 75.2. The summed E-state index contributed by atoms with van der Waals surface area (Å²) in [5, 5.41) is 10.9. The molecule has 1 heterocycles. The van der Waals surface area contributed by atoms with Gasteiger partial charge in [0.15, 0.2) is 12.4 Å². The first-order valence-corrected chi connectivity index (χ1v) is 15.4. The molecule has 0 amide bonds. The Kier molecular flexibility index (Phi) is 11.5. The zero-order valence-corrected chi connectivity index (χ0v) is 24.9. The van der Waals surface area contributed by atoms with Crippen LogP contribution in [0.5, 0.6) is 0 Å². The highest BCUT2D eigenvalue weighted by molar-refractivity contribution is 5.16. The zero-order valence-electron chi connectivity index (χ0n) is 24.9. The molecule has 5 rings (SSSR count). The van der Waals surface area contributed by atoms with Crippen LogP contribution < -0.4 is 0 Å². The van der Waals surface area contributed by atoms with E-state index >= 15 is 0 Å². The Morgan fingerprint density at radius 2 is 1.16 bits per heavy atom. The largest absolute Gasteiger partial charge is 0.417 e. The highest BCUT2D eigenvalue weighted by Crippen LogP contribution is 2.40. The Morgan fingerprint density at radius 1 is 0.682 bits per heavy atom. The van der Waals surface area contributed by atoms with E-state index in [4.69, 9.17) is 23.7 Å². The molecular formula is C35H41F3O6. The topological polar surface area (TPSA) is 66.4 Å². The molecule has 1 saturated heterocycles. The van der Waals surface area contributed by atoms with Crippen molar-refractivity contribution in [1.82, 2.24) is 0 Å². The van der Waals surface area contributed by atoms with E-state index in [0.717, 1.165) is 24.0 Å². The van der Waals surface area contributed by atoms with E-state index in [-0.39, 0.29) is 25.7 Å². The van der Waals surface area contributed by atoms with Crippen LogP contribution in [0.1, 0.15) is 49.3 Å². The van der Waals surface area contributed by atoms with Gasteiger partial charge < -0.3 is 28.8 Å². The zero-order chi connectivity index (χ0) is 30.9. The van der Waals surface area contributed by atoms with Gasteiger partial charge in [0.1, 0.15) is 18.3 Å². The van der Waals surface area contributed by atoms with Gasteiger partial charge in [0.05, 0.1) is 32.0 Å². The van der Waals surface area contributed by atoms with Gasteiger partial charge in [-0.25, -0.2) is 0 Å². The third kappa shape index (κ3) is 8.47. The lowest BCUT2D eigenvalue weighted by molar-refractivity contribution is -0.381. The maximum atomic E-state index is 14.8. The van der Waals surface area contributed by atoms with Crippen molar-refractivity contribution >= 4 is 0 Å². The number of hydrogen-bond donors (Lipinski definition) is 1. The summed E-state index contributed by atoms with van der Waals surface area (Å²) in [4.78, 5) is 0. The first kappa shape index (κ1) is 32.6. The van der Waals surface area contributed by atoms with Crippen molar-refractivity contribution in [3.63, 3.8) is 0 Å². The van der Waals surface area contributed by atoms with Crippen LogP contribution in [0.25, 0.3) is 0 Å². The van der Waals surface area contributed by atoms with Gasteiger partial charge in [0.2, 0.25) is 0 Å². The summed E-state index contributed by atoms with van der Waals surface area (Å²) >= 11 is 0. The molecule has 1 aliphatic carbocycles. The molecule has 0 unspecified atom stereocenters. The fourth-order valence-electron chi connectivity index (χ4n) is 6.06. The fourth-order valence-corrected chi connectivity index (χ4v) is 6.06. The van der Waals surface area contributed by atoms with Crippen LogP contribution >= 0.6 is 0 Å². The molecular weight excluding hydrogens is 573 g/mol. The highest BCUT2D eigenvalue weighted by atomic mass is 19.4. The molecule has 2 fully saturated rings. The summed E-state index contributed by atoms with van der Waals surface area (Å²) in [6.07, 6.45) is -11.2. The maximum absolute atomic E-state index is 14.8. The van der Waals surface area contributed by atoms with Crippen LogP contribution in [-0.4, -0.2) is 54.2 Å². The third-order valence-corrected chi connectivity index (χ3v) is 8.41. The van der Waals surface area contributed by atoms with Crippen molar-refractivity contribution in [1.29, 1.82) is 0 Å². The number of halogens is 3. The normalized spacial score (nSPS) is 29.4. The lowest BCUT2D eigenvalue weighted by Crippen LogP contribution is -2.65.